The van der Waals surface area contributed by atoms with E-state index in [9.17, 15) is 9.59 Å². The summed E-state index contributed by atoms with van der Waals surface area (Å²) in [5.41, 5.74) is 3.08. The number of pyridine rings is 1. The molecule has 1 N–H and O–H groups in total. The van der Waals surface area contributed by atoms with Gasteiger partial charge in [0.15, 0.2) is 6.10 Å². The van der Waals surface area contributed by atoms with Gasteiger partial charge in [-0.05, 0) is 32.0 Å². The molecule has 0 spiro atoms. The molecule has 0 aliphatic carbocycles. The fourth-order valence-electron chi connectivity index (χ4n) is 3.25. The Balaban J connectivity index is 1.58. The highest BCUT2D eigenvalue weighted by Gasteiger charge is 2.25. The van der Waals surface area contributed by atoms with Gasteiger partial charge in [0.05, 0.1) is 5.52 Å². The zero-order valence-electron chi connectivity index (χ0n) is 15.0. The van der Waals surface area contributed by atoms with E-state index in [0.29, 0.717) is 11.1 Å². The molecule has 27 heavy (non-hydrogen) atoms. The van der Waals surface area contributed by atoms with Crippen LogP contribution in [0.2, 0.25) is 0 Å². The van der Waals surface area contributed by atoms with Crippen molar-refractivity contribution in [3.63, 3.8) is 0 Å². The molecular formula is C22H18N2O3. The van der Waals surface area contributed by atoms with Crippen LogP contribution < -0.4 is 0 Å². The van der Waals surface area contributed by atoms with E-state index in [0.717, 1.165) is 22.0 Å². The van der Waals surface area contributed by atoms with Crippen LogP contribution >= 0.6 is 0 Å². The second kappa shape index (κ2) is 6.68. The number of hydrogen-bond donors (Lipinski definition) is 1. The molecule has 4 rings (SSSR count). The lowest BCUT2D eigenvalue weighted by Crippen LogP contribution is -2.25. The van der Waals surface area contributed by atoms with Gasteiger partial charge in [-0.1, -0.05) is 42.5 Å². The normalized spacial score (nSPS) is 12.2. The van der Waals surface area contributed by atoms with Gasteiger partial charge in [0.2, 0.25) is 5.78 Å². The average Bonchev–Trinajstić information content (AvgIpc) is 3.02. The number of H-pyrrole nitrogens is 1. The number of aromatic nitrogens is 2. The molecule has 5 nitrogen and oxygen atoms in total. The predicted octanol–water partition coefficient (Wildman–Crippen LogP) is 4.45. The minimum atomic E-state index is -0.913. The van der Waals surface area contributed by atoms with Crippen LogP contribution in [0.25, 0.3) is 21.8 Å². The van der Waals surface area contributed by atoms with Crippen molar-refractivity contribution in [3.8, 4) is 0 Å². The lowest BCUT2D eigenvalue weighted by molar-refractivity contribution is 0.0314. The number of esters is 1. The van der Waals surface area contributed by atoms with Gasteiger partial charge in [0.25, 0.3) is 0 Å². The molecule has 0 saturated carbocycles. The first kappa shape index (κ1) is 17.0. The highest BCUT2D eigenvalue weighted by Crippen LogP contribution is 2.24. The van der Waals surface area contributed by atoms with Crippen molar-refractivity contribution in [3.05, 3.63) is 77.6 Å². The topological polar surface area (TPSA) is 72.1 Å². The van der Waals surface area contributed by atoms with Crippen molar-refractivity contribution in [2.45, 2.75) is 20.0 Å². The first-order chi connectivity index (χ1) is 13.0. The molecule has 0 bridgehead atoms. The maximum atomic E-state index is 12.9. The van der Waals surface area contributed by atoms with Crippen LogP contribution in [0, 0.1) is 6.92 Å². The first-order valence-electron chi connectivity index (χ1n) is 8.73. The van der Waals surface area contributed by atoms with Gasteiger partial charge < -0.3 is 9.72 Å². The Morgan fingerprint density at radius 3 is 2.59 bits per heavy atom. The molecule has 2 aromatic heterocycles. The second-order valence-electron chi connectivity index (χ2n) is 6.47. The number of aromatic amines is 1. The van der Waals surface area contributed by atoms with Gasteiger partial charge in [0, 0.05) is 27.5 Å². The van der Waals surface area contributed by atoms with E-state index in [4.69, 9.17) is 4.74 Å². The van der Waals surface area contributed by atoms with Gasteiger partial charge >= 0.3 is 5.97 Å². The number of hydrogen-bond acceptors (Lipinski definition) is 4. The smallest absolute Gasteiger partial charge is 0.357 e. The number of para-hydroxylation sites is 2. The third-order valence-electron chi connectivity index (χ3n) is 4.60. The Morgan fingerprint density at radius 2 is 1.74 bits per heavy atom. The van der Waals surface area contributed by atoms with Gasteiger partial charge in [-0.15, -0.1) is 0 Å². The molecule has 2 aromatic carbocycles. The average molecular weight is 358 g/mol. The molecule has 0 unspecified atom stereocenters. The Kier molecular flexibility index (Phi) is 4.20. The van der Waals surface area contributed by atoms with Crippen LogP contribution in [0.3, 0.4) is 0 Å². The van der Waals surface area contributed by atoms with Gasteiger partial charge in [0.1, 0.15) is 5.69 Å². The number of Topliss-reactive ketones (excluding diaryl/α,β-unsaturated/α-hetero) is 1. The zero-order chi connectivity index (χ0) is 19.0. The fraction of sp³-hybridized carbons (Fsp3) is 0.136. The number of carbonyl (C=O) groups is 2. The molecule has 134 valence electrons. The maximum Gasteiger partial charge on any atom is 0.357 e. The minimum Gasteiger partial charge on any atom is -0.450 e. The van der Waals surface area contributed by atoms with E-state index in [1.54, 1.807) is 13.0 Å². The molecule has 0 amide bonds. The Morgan fingerprint density at radius 1 is 1.00 bits per heavy atom. The highest BCUT2D eigenvalue weighted by molar-refractivity contribution is 6.11. The standard InChI is InChI=1S/C22H18N2O3/c1-13-20(16-8-4-6-10-18(16)23-13)21(25)14(2)27-22(26)19-12-11-15-7-3-5-9-17(15)24-19/h3-12,14,23H,1-2H3/t14-/m0/s1. The maximum absolute atomic E-state index is 12.9. The van der Waals surface area contributed by atoms with Crippen molar-refractivity contribution in [2.75, 3.05) is 0 Å². The second-order valence-corrected chi connectivity index (χ2v) is 6.47. The lowest BCUT2D eigenvalue weighted by Gasteiger charge is -2.12. The molecule has 1 atom stereocenters. The SMILES string of the molecule is Cc1[nH]c2ccccc2c1C(=O)[C@H](C)OC(=O)c1ccc2ccccc2n1. The zero-order valence-corrected chi connectivity index (χ0v) is 15.0. The fourth-order valence-corrected chi connectivity index (χ4v) is 3.25. The molecule has 4 aromatic rings. The number of aryl methyl sites for hydroxylation is 1. The van der Waals surface area contributed by atoms with Crippen LogP contribution in [0.15, 0.2) is 60.7 Å². The van der Waals surface area contributed by atoms with E-state index in [2.05, 4.69) is 9.97 Å². The molecule has 0 aliphatic rings. The van der Waals surface area contributed by atoms with E-state index in [1.165, 1.54) is 0 Å². The van der Waals surface area contributed by atoms with E-state index in [-0.39, 0.29) is 11.5 Å². The molecule has 2 heterocycles. The summed E-state index contributed by atoms with van der Waals surface area (Å²) in [6.07, 6.45) is -0.913. The van der Waals surface area contributed by atoms with Crippen molar-refractivity contribution in [1.82, 2.24) is 9.97 Å². The predicted molar refractivity (Wildman–Crippen MR) is 104 cm³/mol. The summed E-state index contributed by atoms with van der Waals surface area (Å²) in [4.78, 5) is 32.9. The summed E-state index contributed by atoms with van der Waals surface area (Å²) in [5.74, 6) is -0.849. The van der Waals surface area contributed by atoms with Crippen molar-refractivity contribution in [2.24, 2.45) is 0 Å². The van der Waals surface area contributed by atoms with Gasteiger partial charge in [-0.3, -0.25) is 4.79 Å². The van der Waals surface area contributed by atoms with Crippen LogP contribution in [-0.2, 0) is 4.74 Å². The number of ketones is 1. The monoisotopic (exact) mass is 358 g/mol. The lowest BCUT2D eigenvalue weighted by atomic mass is 10.0. The van der Waals surface area contributed by atoms with Crippen LogP contribution in [-0.4, -0.2) is 27.8 Å². The molecule has 0 radical (unpaired) electrons. The number of ether oxygens (including phenoxy) is 1. The van der Waals surface area contributed by atoms with Crippen LogP contribution in [0.4, 0.5) is 0 Å². The Labute approximate surface area is 156 Å². The van der Waals surface area contributed by atoms with Gasteiger partial charge in [-0.25, -0.2) is 9.78 Å². The number of fused-ring (bicyclic) bond motifs is 2. The Hall–Kier alpha value is -3.47. The number of nitrogens with zero attached hydrogens (tertiary/aromatic N) is 1. The van der Waals surface area contributed by atoms with E-state index in [1.807, 2.05) is 61.5 Å². The molecule has 0 aliphatic heterocycles. The number of benzene rings is 2. The molecule has 5 heteroatoms. The summed E-state index contributed by atoms with van der Waals surface area (Å²) >= 11 is 0. The summed E-state index contributed by atoms with van der Waals surface area (Å²) in [7, 11) is 0. The minimum absolute atomic E-state index is 0.184. The third-order valence-corrected chi connectivity index (χ3v) is 4.60. The van der Waals surface area contributed by atoms with Crippen molar-refractivity contribution >= 4 is 33.6 Å². The summed E-state index contributed by atoms with van der Waals surface area (Å²) in [6.45, 7) is 3.43. The van der Waals surface area contributed by atoms with Crippen molar-refractivity contribution < 1.29 is 14.3 Å². The van der Waals surface area contributed by atoms with Crippen molar-refractivity contribution in [1.29, 1.82) is 0 Å². The molecular weight excluding hydrogens is 340 g/mol. The quantitative estimate of drug-likeness (QED) is 0.432. The summed E-state index contributed by atoms with van der Waals surface area (Å²) in [6, 6.07) is 18.5. The number of nitrogens with one attached hydrogen (secondary N) is 1. The van der Waals surface area contributed by atoms with Gasteiger partial charge in [-0.2, -0.15) is 0 Å². The van der Waals surface area contributed by atoms with E-state index < -0.39 is 12.1 Å². The first-order valence-corrected chi connectivity index (χ1v) is 8.73. The summed E-state index contributed by atoms with van der Waals surface area (Å²) < 4.78 is 5.41. The van der Waals surface area contributed by atoms with E-state index >= 15 is 0 Å². The Bertz CT molecular complexity index is 1180. The molecule has 0 saturated heterocycles. The number of rotatable bonds is 4. The van der Waals surface area contributed by atoms with Crippen LogP contribution in [0.1, 0.15) is 33.5 Å². The molecule has 0 fully saturated rings. The number of carbonyl (C=O) groups excluding carboxylic acids is 2. The highest BCUT2D eigenvalue weighted by atomic mass is 16.5. The third kappa shape index (κ3) is 3.08. The van der Waals surface area contributed by atoms with Crippen LogP contribution in [0.5, 0.6) is 0 Å². The largest absolute Gasteiger partial charge is 0.450 e. The summed E-state index contributed by atoms with van der Waals surface area (Å²) in [5, 5.41) is 1.76.